The van der Waals surface area contributed by atoms with Crippen molar-refractivity contribution in [2.45, 2.75) is 39.4 Å². The third-order valence-electron chi connectivity index (χ3n) is 3.54. The Bertz CT molecular complexity index is 398. The van der Waals surface area contributed by atoms with Crippen LogP contribution in [0.4, 0.5) is 5.69 Å². The minimum atomic E-state index is -0.363. The molecule has 0 aliphatic rings. The van der Waals surface area contributed by atoms with Crippen LogP contribution in [-0.2, 0) is 0 Å². The van der Waals surface area contributed by atoms with Crippen molar-refractivity contribution >= 4 is 5.69 Å². The number of hydrogen-bond donors (Lipinski definition) is 2. The van der Waals surface area contributed by atoms with Gasteiger partial charge in [-0.25, -0.2) is 0 Å². The van der Waals surface area contributed by atoms with Gasteiger partial charge >= 0.3 is 0 Å². The van der Waals surface area contributed by atoms with Crippen molar-refractivity contribution in [1.82, 2.24) is 4.90 Å². The largest absolute Gasteiger partial charge is 0.392 e. The predicted molar refractivity (Wildman–Crippen MR) is 88.9 cm³/mol. The van der Waals surface area contributed by atoms with Gasteiger partial charge in [0.05, 0.1) is 12.2 Å². The van der Waals surface area contributed by atoms with Crippen LogP contribution in [0, 0.1) is 6.92 Å². The van der Waals surface area contributed by atoms with Gasteiger partial charge in [0.1, 0.15) is 0 Å². The number of hydrogen-bond acceptors (Lipinski definition) is 4. The van der Waals surface area contributed by atoms with Gasteiger partial charge in [-0.2, -0.15) is 0 Å². The topological polar surface area (TPSA) is 46.9 Å². The molecule has 21 heavy (non-hydrogen) atoms. The highest BCUT2D eigenvalue weighted by Crippen LogP contribution is 2.17. The predicted octanol–water partition coefficient (Wildman–Crippen LogP) is 1.88. The summed E-state index contributed by atoms with van der Waals surface area (Å²) in [7, 11) is 2.11. The highest BCUT2D eigenvalue weighted by Gasteiger charge is 2.11. The van der Waals surface area contributed by atoms with Gasteiger partial charge in [-0.3, -0.25) is 4.90 Å². The summed E-state index contributed by atoms with van der Waals surface area (Å²) >= 11 is 0. The van der Waals surface area contributed by atoms with Crippen LogP contribution in [0.25, 0.3) is 0 Å². The fraction of sp³-hybridized carbons (Fsp3) is 0.647. The molecular weight excluding hydrogens is 264 g/mol. The Morgan fingerprint density at radius 3 is 2.10 bits per heavy atom. The van der Waals surface area contributed by atoms with Gasteiger partial charge in [0.25, 0.3) is 0 Å². The molecule has 0 heterocycles. The molecule has 0 amide bonds. The smallest absolute Gasteiger partial charge is 0.0639 e. The number of para-hydroxylation sites is 1. The van der Waals surface area contributed by atoms with E-state index in [4.69, 9.17) is 0 Å². The number of rotatable bonds is 9. The first kappa shape index (κ1) is 18.0. The first-order valence-electron chi connectivity index (χ1n) is 7.75. The number of aryl methyl sites for hydroxylation is 1. The summed E-state index contributed by atoms with van der Waals surface area (Å²) < 4.78 is 0. The van der Waals surface area contributed by atoms with Crippen molar-refractivity contribution in [1.29, 1.82) is 0 Å². The van der Waals surface area contributed by atoms with E-state index < -0.39 is 0 Å². The fourth-order valence-electron chi connectivity index (χ4n) is 2.65. The van der Waals surface area contributed by atoms with Crippen LogP contribution < -0.4 is 4.90 Å². The molecule has 0 aliphatic carbocycles. The Labute approximate surface area is 129 Å². The molecule has 2 atom stereocenters. The average molecular weight is 294 g/mol. The highest BCUT2D eigenvalue weighted by molar-refractivity contribution is 5.52. The molecule has 0 saturated heterocycles. The molecule has 1 aromatic carbocycles. The Kier molecular flexibility index (Phi) is 7.72. The minimum Gasteiger partial charge on any atom is -0.392 e. The standard InChI is InChI=1S/C17H30N2O2/c1-14-8-5-6-9-17(14)18(4)10-7-11-19(12-15(2)20)13-16(3)21/h5-6,8-9,15-16,20-21H,7,10-13H2,1-4H3. The van der Waals surface area contributed by atoms with E-state index in [0.717, 1.165) is 19.5 Å². The van der Waals surface area contributed by atoms with Gasteiger partial charge in [0, 0.05) is 38.9 Å². The Hall–Kier alpha value is -1.10. The van der Waals surface area contributed by atoms with Gasteiger partial charge in [0.2, 0.25) is 0 Å². The van der Waals surface area contributed by atoms with Crippen LogP contribution >= 0.6 is 0 Å². The first-order chi connectivity index (χ1) is 9.90. The lowest BCUT2D eigenvalue weighted by Gasteiger charge is -2.27. The maximum absolute atomic E-state index is 9.52. The third-order valence-corrected chi connectivity index (χ3v) is 3.54. The Morgan fingerprint density at radius 1 is 1.00 bits per heavy atom. The van der Waals surface area contributed by atoms with E-state index in [0.29, 0.717) is 13.1 Å². The minimum absolute atomic E-state index is 0.363. The average Bonchev–Trinajstić information content (AvgIpc) is 2.37. The maximum atomic E-state index is 9.52. The third kappa shape index (κ3) is 6.93. The zero-order chi connectivity index (χ0) is 15.8. The SMILES string of the molecule is Cc1ccccc1N(C)CCCN(CC(C)O)CC(C)O. The molecule has 2 N–H and O–H groups in total. The van der Waals surface area contributed by atoms with Crippen LogP contribution in [0.15, 0.2) is 24.3 Å². The van der Waals surface area contributed by atoms with E-state index in [1.807, 2.05) is 0 Å². The quantitative estimate of drug-likeness (QED) is 0.730. The second-order valence-electron chi connectivity index (χ2n) is 6.02. The lowest BCUT2D eigenvalue weighted by atomic mass is 10.2. The Balaban J connectivity index is 2.44. The van der Waals surface area contributed by atoms with Crippen LogP contribution in [0.2, 0.25) is 0 Å². The lowest BCUT2D eigenvalue weighted by Crippen LogP contribution is -2.38. The number of nitrogens with zero attached hydrogens (tertiary/aromatic N) is 2. The number of aliphatic hydroxyl groups excluding tert-OH is 2. The molecule has 0 saturated carbocycles. The molecular formula is C17H30N2O2. The normalized spacial score (nSPS) is 14.2. The highest BCUT2D eigenvalue weighted by atomic mass is 16.3. The molecule has 0 fully saturated rings. The Morgan fingerprint density at radius 2 is 1.57 bits per heavy atom. The zero-order valence-electron chi connectivity index (χ0n) is 13.8. The second-order valence-corrected chi connectivity index (χ2v) is 6.02. The molecule has 4 nitrogen and oxygen atoms in total. The molecule has 4 heteroatoms. The molecule has 1 aromatic rings. The summed E-state index contributed by atoms with van der Waals surface area (Å²) in [6.45, 7) is 8.76. The van der Waals surface area contributed by atoms with Crippen molar-refractivity contribution in [3.63, 3.8) is 0 Å². The first-order valence-corrected chi connectivity index (χ1v) is 7.75. The van der Waals surface area contributed by atoms with E-state index in [2.05, 4.69) is 48.0 Å². The van der Waals surface area contributed by atoms with Crippen molar-refractivity contribution in [3.05, 3.63) is 29.8 Å². The molecule has 120 valence electrons. The van der Waals surface area contributed by atoms with E-state index in [1.165, 1.54) is 11.3 Å². The van der Waals surface area contributed by atoms with Crippen LogP contribution in [0.5, 0.6) is 0 Å². The van der Waals surface area contributed by atoms with Crippen molar-refractivity contribution in [2.24, 2.45) is 0 Å². The van der Waals surface area contributed by atoms with Crippen molar-refractivity contribution in [2.75, 3.05) is 38.1 Å². The van der Waals surface area contributed by atoms with E-state index in [1.54, 1.807) is 13.8 Å². The molecule has 1 rings (SSSR count). The van der Waals surface area contributed by atoms with Gasteiger partial charge in [0.15, 0.2) is 0 Å². The van der Waals surface area contributed by atoms with Crippen molar-refractivity contribution in [3.8, 4) is 0 Å². The molecule has 0 bridgehead atoms. The second kappa shape index (κ2) is 9.03. The zero-order valence-corrected chi connectivity index (χ0v) is 13.8. The van der Waals surface area contributed by atoms with Crippen LogP contribution in [0.1, 0.15) is 25.8 Å². The summed E-state index contributed by atoms with van der Waals surface area (Å²) in [6, 6.07) is 8.38. The summed E-state index contributed by atoms with van der Waals surface area (Å²) in [6.07, 6.45) is 0.278. The molecule has 0 spiro atoms. The van der Waals surface area contributed by atoms with Gasteiger partial charge in [-0.15, -0.1) is 0 Å². The van der Waals surface area contributed by atoms with Gasteiger partial charge in [-0.05, 0) is 38.8 Å². The molecule has 0 aromatic heterocycles. The van der Waals surface area contributed by atoms with E-state index in [9.17, 15) is 10.2 Å². The summed E-state index contributed by atoms with van der Waals surface area (Å²) in [5.41, 5.74) is 2.54. The molecule has 0 radical (unpaired) electrons. The van der Waals surface area contributed by atoms with E-state index in [-0.39, 0.29) is 12.2 Å². The van der Waals surface area contributed by atoms with Crippen LogP contribution in [0.3, 0.4) is 0 Å². The van der Waals surface area contributed by atoms with Crippen molar-refractivity contribution < 1.29 is 10.2 Å². The van der Waals surface area contributed by atoms with Gasteiger partial charge < -0.3 is 15.1 Å². The number of benzene rings is 1. The molecule has 2 unspecified atom stereocenters. The summed E-state index contributed by atoms with van der Waals surface area (Å²) in [4.78, 5) is 4.39. The number of anilines is 1. The lowest BCUT2D eigenvalue weighted by molar-refractivity contribution is 0.0833. The fourth-order valence-corrected chi connectivity index (χ4v) is 2.65. The van der Waals surface area contributed by atoms with E-state index >= 15 is 0 Å². The molecule has 0 aliphatic heterocycles. The monoisotopic (exact) mass is 294 g/mol. The van der Waals surface area contributed by atoms with Gasteiger partial charge in [-0.1, -0.05) is 18.2 Å². The number of aliphatic hydroxyl groups is 2. The maximum Gasteiger partial charge on any atom is 0.0639 e. The summed E-state index contributed by atoms with van der Waals surface area (Å²) in [5, 5.41) is 19.0. The van der Waals surface area contributed by atoms with Crippen LogP contribution in [-0.4, -0.2) is 60.5 Å². The summed E-state index contributed by atoms with van der Waals surface area (Å²) in [5.74, 6) is 0.